The second kappa shape index (κ2) is 4.09. The van der Waals surface area contributed by atoms with E-state index in [1.165, 1.54) is 17.8 Å². The summed E-state index contributed by atoms with van der Waals surface area (Å²) in [6.45, 7) is 4.63. The van der Waals surface area contributed by atoms with E-state index in [9.17, 15) is 0 Å². The van der Waals surface area contributed by atoms with Crippen LogP contribution in [0, 0.1) is 11.8 Å². The van der Waals surface area contributed by atoms with Gasteiger partial charge >= 0.3 is 0 Å². The van der Waals surface area contributed by atoms with Crippen LogP contribution in [-0.4, -0.2) is 14.4 Å². The Labute approximate surface area is 109 Å². The molecule has 3 nitrogen and oxygen atoms in total. The first kappa shape index (κ1) is 11.2. The topological polar surface area (TPSA) is 30.2 Å². The minimum atomic E-state index is 0.744. The Hall–Kier alpha value is -0.900. The van der Waals surface area contributed by atoms with Crippen LogP contribution in [0.1, 0.15) is 31.7 Å². The number of aromatic nitrogens is 3. The van der Waals surface area contributed by atoms with Crippen molar-refractivity contribution in [3.05, 3.63) is 28.3 Å². The monoisotopic (exact) mass is 293 g/mol. The average Bonchev–Trinajstić information content (AvgIpc) is 2.66. The van der Waals surface area contributed by atoms with Gasteiger partial charge in [0.1, 0.15) is 0 Å². The van der Waals surface area contributed by atoms with E-state index in [1.807, 2.05) is 6.20 Å². The first-order chi connectivity index (χ1) is 8.15. The molecular weight excluding hydrogens is 278 g/mol. The number of hydrogen-bond acceptors (Lipinski definition) is 2. The molecule has 1 aliphatic carbocycles. The summed E-state index contributed by atoms with van der Waals surface area (Å²) in [6, 6.07) is 0. The van der Waals surface area contributed by atoms with Gasteiger partial charge in [0, 0.05) is 18.1 Å². The predicted octanol–water partition coefficient (Wildman–Crippen LogP) is 3.25. The number of aryl methyl sites for hydroxylation is 1. The van der Waals surface area contributed by atoms with E-state index in [1.54, 1.807) is 0 Å². The third kappa shape index (κ3) is 1.88. The molecule has 2 aromatic rings. The summed E-state index contributed by atoms with van der Waals surface area (Å²) in [4.78, 5) is 8.98. The number of hydrogen-bond donors (Lipinski definition) is 0. The molecule has 2 heterocycles. The Morgan fingerprint density at radius 3 is 3.06 bits per heavy atom. The summed E-state index contributed by atoms with van der Waals surface area (Å²) in [5, 5.41) is 0. The van der Waals surface area contributed by atoms with E-state index in [-0.39, 0.29) is 0 Å². The van der Waals surface area contributed by atoms with Crippen LogP contribution in [-0.2, 0) is 12.8 Å². The van der Waals surface area contributed by atoms with Crippen molar-refractivity contribution < 1.29 is 0 Å². The summed E-state index contributed by atoms with van der Waals surface area (Å²) in [6.07, 6.45) is 7.38. The molecule has 3 rings (SSSR count). The smallest absolute Gasteiger partial charge is 0.234 e. The Bertz CT molecular complexity index is 559. The fourth-order valence-electron chi connectivity index (χ4n) is 2.66. The molecule has 0 saturated heterocycles. The first-order valence-electron chi connectivity index (χ1n) is 6.16. The van der Waals surface area contributed by atoms with Crippen molar-refractivity contribution in [2.45, 2.75) is 33.1 Å². The van der Waals surface area contributed by atoms with Crippen molar-refractivity contribution in [1.29, 1.82) is 0 Å². The number of imidazole rings is 1. The van der Waals surface area contributed by atoms with Crippen LogP contribution in [0.2, 0.25) is 0 Å². The molecule has 0 N–H and O–H groups in total. The number of halogens is 1. The number of fused-ring (bicyclic) bond motifs is 3. The zero-order chi connectivity index (χ0) is 12.0. The lowest BCUT2D eigenvalue weighted by Crippen LogP contribution is -2.19. The maximum absolute atomic E-state index is 4.62. The van der Waals surface area contributed by atoms with Crippen molar-refractivity contribution in [2.24, 2.45) is 11.8 Å². The Morgan fingerprint density at radius 2 is 2.29 bits per heavy atom. The van der Waals surface area contributed by atoms with Gasteiger partial charge in [-0.25, -0.2) is 9.97 Å². The maximum Gasteiger partial charge on any atom is 0.234 e. The zero-order valence-electron chi connectivity index (χ0n) is 10.2. The van der Waals surface area contributed by atoms with Gasteiger partial charge in [0.25, 0.3) is 0 Å². The minimum absolute atomic E-state index is 0.744. The predicted molar refractivity (Wildman–Crippen MR) is 71.0 cm³/mol. The molecule has 0 aromatic carbocycles. The minimum Gasteiger partial charge on any atom is -0.287 e. The van der Waals surface area contributed by atoms with Crippen molar-refractivity contribution in [1.82, 2.24) is 14.4 Å². The van der Waals surface area contributed by atoms with E-state index in [0.717, 1.165) is 34.9 Å². The van der Waals surface area contributed by atoms with Gasteiger partial charge in [-0.1, -0.05) is 13.8 Å². The second-order valence-corrected chi connectivity index (χ2v) is 6.11. The highest BCUT2D eigenvalue weighted by molar-refractivity contribution is 9.10. The van der Waals surface area contributed by atoms with Gasteiger partial charge in [0.15, 0.2) is 0 Å². The lowest BCUT2D eigenvalue weighted by molar-refractivity contribution is 0.337. The molecule has 1 aliphatic rings. The molecule has 90 valence electrons. The van der Waals surface area contributed by atoms with Gasteiger partial charge < -0.3 is 0 Å². The Morgan fingerprint density at radius 1 is 1.47 bits per heavy atom. The summed E-state index contributed by atoms with van der Waals surface area (Å²) in [5.41, 5.74) is 2.60. The molecule has 0 bridgehead atoms. The molecule has 0 saturated carbocycles. The largest absolute Gasteiger partial charge is 0.287 e. The third-order valence-corrected chi connectivity index (χ3v) is 4.19. The molecule has 0 fully saturated rings. The van der Waals surface area contributed by atoms with E-state index in [4.69, 9.17) is 0 Å². The fraction of sp³-hybridized carbons (Fsp3) is 0.538. The summed E-state index contributed by atoms with van der Waals surface area (Å²) in [5.74, 6) is 2.36. The lowest BCUT2D eigenvalue weighted by atomic mass is 9.82. The van der Waals surface area contributed by atoms with E-state index >= 15 is 0 Å². The van der Waals surface area contributed by atoms with Gasteiger partial charge in [-0.05, 0) is 47.0 Å². The van der Waals surface area contributed by atoms with Crippen molar-refractivity contribution in [2.75, 3.05) is 0 Å². The van der Waals surface area contributed by atoms with Crippen LogP contribution < -0.4 is 0 Å². The molecular formula is C13H16BrN3. The van der Waals surface area contributed by atoms with Crippen LogP contribution in [0.15, 0.2) is 16.9 Å². The highest BCUT2D eigenvalue weighted by Gasteiger charge is 2.25. The molecule has 1 unspecified atom stereocenters. The normalized spacial score (nSPS) is 19.9. The Balaban J connectivity index is 2.10. The molecule has 4 heteroatoms. The highest BCUT2D eigenvalue weighted by Crippen LogP contribution is 2.30. The molecule has 2 aromatic heterocycles. The Kier molecular flexibility index (Phi) is 2.69. The SMILES string of the molecule is CC(C)C1CCc2nc3ncc(Br)cn3c2C1. The summed E-state index contributed by atoms with van der Waals surface area (Å²) >= 11 is 3.48. The molecule has 0 spiro atoms. The van der Waals surface area contributed by atoms with Gasteiger partial charge in [-0.2, -0.15) is 0 Å². The highest BCUT2D eigenvalue weighted by atomic mass is 79.9. The van der Waals surface area contributed by atoms with Gasteiger partial charge in [-0.15, -0.1) is 0 Å². The lowest BCUT2D eigenvalue weighted by Gasteiger charge is -2.24. The van der Waals surface area contributed by atoms with Crippen molar-refractivity contribution >= 4 is 21.7 Å². The average molecular weight is 294 g/mol. The van der Waals surface area contributed by atoms with E-state index in [2.05, 4.69) is 50.3 Å². The summed E-state index contributed by atoms with van der Waals surface area (Å²) < 4.78 is 3.16. The first-order valence-corrected chi connectivity index (χ1v) is 6.96. The van der Waals surface area contributed by atoms with Crippen LogP contribution in [0.25, 0.3) is 5.78 Å². The fourth-order valence-corrected chi connectivity index (χ4v) is 2.97. The van der Waals surface area contributed by atoms with Gasteiger partial charge in [0.2, 0.25) is 5.78 Å². The quantitative estimate of drug-likeness (QED) is 0.808. The van der Waals surface area contributed by atoms with E-state index in [0.29, 0.717) is 0 Å². The molecule has 1 atom stereocenters. The summed E-state index contributed by atoms with van der Waals surface area (Å²) in [7, 11) is 0. The van der Waals surface area contributed by atoms with E-state index < -0.39 is 0 Å². The molecule has 0 aliphatic heterocycles. The van der Waals surface area contributed by atoms with Crippen LogP contribution in [0.4, 0.5) is 0 Å². The van der Waals surface area contributed by atoms with Crippen molar-refractivity contribution in [3.63, 3.8) is 0 Å². The second-order valence-electron chi connectivity index (χ2n) is 5.19. The maximum atomic E-state index is 4.62. The third-order valence-electron chi connectivity index (χ3n) is 3.78. The van der Waals surface area contributed by atoms with Gasteiger partial charge in [-0.3, -0.25) is 4.40 Å². The number of rotatable bonds is 1. The molecule has 0 amide bonds. The molecule has 0 radical (unpaired) electrons. The van der Waals surface area contributed by atoms with Crippen molar-refractivity contribution in [3.8, 4) is 0 Å². The van der Waals surface area contributed by atoms with Crippen LogP contribution >= 0.6 is 15.9 Å². The van der Waals surface area contributed by atoms with Gasteiger partial charge in [0.05, 0.1) is 10.2 Å². The standard InChI is InChI=1S/C13H16BrN3/c1-8(2)9-3-4-11-12(5-9)17-7-10(14)6-15-13(17)16-11/h6-9H,3-5H2,1-2H3. The van der Waals surface area contributed by atoms with Crippen LogP contribution in [0.5, 0.6) is 0 Å². The number of nitrogens with zero attached hydrogens (tertiary/aromatic N) is 3. The van der Waals surface area contributed by atoms with Crippen LogP contribution in [0.3, 0.4) is 0 Å². The molecule has 17 heavy (non-hydrogen) atoms. The zero-order valence-corrected chi connectivity index (χ0v) is 11.7.